The fourth-order valence-corrected chi connectivity index (χ4v) is 1.71. The number of furan rings is 1. The second kappa shape index (κ2) is 6.66. The van der Waals surface area contributed by atoms with E-state index in [0.29, 0.717) is 13.2 Å². The van der Waals surface area contributed by atoms with E-state index in [4.69, 9.17) is 14.3 Å². The molecule has 2 aromatic rings. The van der Waals surface area contributed by atoms with Gasteiger partial charge in [0.05, 0.1) is 12.9 Å². The minimum atomic E-state index is -1.24. The molecule has 9 nitrogen and oxygen atoms in total. The van der Waals surface area contributed by atoms with Crippen LogP contribution in [0, 0.1) is 0 Å². The zero-order valence-electron chi connectivity index (χ0n) is 11.3. The van der Waals surface area contributed by atoms with Crippen molar-refractivity contribution < 1.29 is 23.8 Å². The van der Waals surface area contributed by atoms with E-state index in [-0.39, 0.29) is 29.6 Å². The molecule has 0 spiro atoms. The highest BCUT2D eigenvalue weighted by Gasteiger charge is 2.23. The maximum absolute atomic E-state index is 11.8. The zero-order valence-corrected chi connectivity index (χ0v) is 11.3. The number of nitrogens with zero attached hydrogens (tertiary/aromatic N) is 3. The molecule has 0 saturated carbocycles. The molecule has 0 aliphatic rings. The minimum absolute atomic E-state index is 0.148. The van der Waals surface area contributed by atoms with Gasteiger partial charge in [-0.15, -0.1) is 5.10 Å². The molecule has 1 amide bonds. The first kappa shape index (κ1) is 14.7. The van der Waals surface area contributed by atoms with Crippen LogP contribution in [0.4, 0.5) is 0 Å². The molecule has 112 valence electrons. The predicted molar refractivity (Wildman–Crippen MR) is 69.6 cm³/mol. The smallest absolute Gasteiger partial charge is 0.358 e. The molecule has 2 rings (SSSR count). The molecule has 0 aliphatic carbocycles. The molecule has 21 heavy (non-hydrogen) atoms. The van der Waals surface area contributed by atoms with Gasteiger partial charge in [-0.1, -0.05) is 5.21 Å². The van der Waals surface area contributed by atoms with E-state index in [1.807, 2.05) is 0 Å². The Hall–Kier alpha value is -2.68. The van der Waals surface area contributed by atoms with Gasteiger partial charge in [-0.25, -0.2) is 9.48 Å². The molecule has 0 aliphatic heterocycles. The van der Waals surface area contributed by atoms with Crippen molar-refractivity contribution in [3.63, 3.8) is 0 Å². The van der Waals surface area contributed by atoms with Crippen molar-refractivity contribution in [2.24, 2.45) is 0 Å². The second-order valence-corrected chi connectivity index (χ2v) is 4.07. The first-order chi connectivity index (χ1) is 10.1. The zero-order chi connectivity index (χ0) is 15.2. The van der Waals surface area contributed by atoms with Gasteiger partial charge in [-0.3, -0.25) is 4.79 Å². The molecular weight excluding hydrogens is 280 g/mol. The van der Waals surface area contributed by atoms with E-state index in [0.717, 1.165) is 0 Å². The molecular formula is C12H14N4O5. The third-order valence-electron chi connectivity index (χ3n) is 2.61. The van der Waals surface area contributed by atoms with Crippen LogP contribution in [0.5, 0.6) is 0 Å². The van der Waals surface area contributed by atoms with Gasteiger partial charge in [0.2, 0.25) is 11.6 Å². The van der Waals surface area contributed by atoms with E-state index in [2.05, 4.69) is 15.6 Å². The van der Waals surface area contributed by atoms with Gasteiger partial charge >= 0.3 is 5.97 Å². The first-order valence-electron chi connectivity index (χ1n) is 6.09. The highest BCUT2D eigenvalue weighted by molar-refractivity contribution is 5.92. The minimum Gasteiger partial charge on any atom is -0.476 e. The Morgan fingerprint density at radius 3 is 2.95 bits per heavy atom. The number of aromatic carboxylic acids is 1. The number of methoxy groups -OCH3 is 1. The third-order valence-corrected chi connectivity index (χ3v) is 2.61. The van der Waals surface area contributed by atoms with Crippen molar-refractivity contribution in [3.05, 3.63) is 24.1 Å². The largest absolute Gasteiger partial charge is 0.476 e. The van der Waals surface area contributed by atoms with Crippen LogP contribution in [0.2, 0.25) is 0 Å². The van der Waals surface area contributed by atoms with Gasteiger partial charge in [0.15, 0.2) is 5.76 Å². The van der Waals surface area contributed by atoms with Crippen molar-refractivity contribution in [1.29, 1.82) is 0 Å². The predicted octanol–water partition coefficient (Wildman–Crippen LogP) is -0.00110. The Labute approximate surface area is 119 Å². The summed E-state index contributed by atoms with van der Waals surface area (Å²) < 4.78 is 11.2. The first-order valence-corrected chi connectivity index (χ1v) is 6.09. The van der Waals surface area contributed by atoms with E-state index in [1.54, 1.807) is 12.1 Å². The van der Waals surface area contributed by atoms with Crippen LogP contribution in [0.1, 0.15) is 10.5 Å². The summed E-state index contributed by atoms with van der Waals surface area (Å²) in [6.07, 6.45) is 1.40. The van der Waals surface area contributed by atoms with Gasteiger partial charge < -0.3 is 19.6 Å². The SMILES string of the molecule is COCCNC(=O)Cn1nnc(C(=O)O)c1-c1ccco1. The Kier molecular flexibility index (Phi) is 4.67. The van der Waals surface area contributed by atoms with Crippen molar-refractivity contribution in [2.75, 3.05) is 20.3 Å². The van der Waals surface area contributed by atoms with E-state index >= 15 is 0 Å². The standard InChI is InChI=1S/C12H14N4O5/c1-20-6-4-13-9(17)7-16-11(8-3-2-5-21-8)10(12(18)19)14-15-16/h2-3,5H,4,6-7H2,1H3,(H,13,17)(H,18,19). The molecule has 0 saturated heterocycles. The van der Waals surface area contributed by atoms with Crippen LogP contribution in [0.3, 0.4) is 0 Å². The van der Waals surface area contributed by atoms with Crippen molar-refractivity contribution >= 4 is 11.9 Å². The summed E-state index contributed by atoms with van der Waals surface area (Å²) in [5.41, 5.74) is -0.121. The van der Waals surface area contributed by atoms with Gasteiger partial charge in [-0.05, 0) is 12.1 Å². The number of carbonyl (C=O) groups excluding carboxylic acids is 1. The number of hydrogen-bond acceptors (Lipinski definition) is 6. The summed E-state index contributed by atoms with van der Waals surface area (Å²) in [7, 11) is 1.53. The van der Waals surface area contributed by atoms with Gasteiger partial charge in [-0.2, -0.15) is 0 Å². The summed E-state index contributed by atoms with van der Waals surface area (Å²) in [5.74, 6) is -1.30. The molecule has 2 N–H and O–H groups in total. The fraction of sp³-hybridized carbons (Fsp3) is 0.333. The van der Waals surface area contributed by atoms with Gasteiger partial charge in [0.25, 0.3) is 0 Å². The lowest BCUT2D eigenvalue weighted by Gasteiger charge is -2.06. The van der Waals surface area contributed by atoms with E-state index in [1.165, 1.54) is 18.1 Å². The summed E-state index contributed by atoms with van der Waals surface area (Å²) >= 11 is 0. The van der Waals surface area contributed by atoms with Crippen molar-refractivity contribution in [3.8, 4) is 11.5 Å². The molecule has 9 heteroatoms. The third kappa shape index (κ3) is 3.45. The Morgan fingerprint density at radius 1 is 1.52 bits per heavy atom. The summed E-state index contributed by atoms with van der Waals surface area (Å²) in [6, 6.07) is 3.18. The Morgan fingerprint density at radius 2 is 2.33 bits per heavy atom. The maximum atomic E-state index is 11.8. The van der Waals surface area contributed by atoms with Crippen LogP contribution in [0.15, 0.2) is 22.8 Å². The number of carboxylic acids is 1. The van der Waals surface area contributed by atoms with Crippen LogP contribution < -0.4 is 5.32 Å². The summed E-state index contributed by atoms with van der Waals surface area (Å²) in [5, 5.41) is 19.0. The Bertz CT molecular complexity index is 620. The number of carboxylic acid groups (broad SMARTS) is 1. The molecule has 0 atom stereocenters. The van der Waals surface area contributed by atoms with E-state index in [9.17, 15) is 9.59 Å². The fourth-order valence-electron chi connectivity index (χ4n) is 1.71. The lowest BCUT2D eigenvalue weighted by atomic mass is 10.2. The topological polar surface area (TPSA) is 119 Å². The molecule has 0 unspecified atom stereocenters. The lowest BCUT2D eigenvalue weighted by molar-refractivity contribution is -0.122. The summed E-state index contributed by atoms with van der Waals surface area (Å²) in [6.45, 7) is 0.570. The average Bonchev–Trinajstić information content (AvgIpc) is 3.07. The van der Waals surface area contributed by atoms with Crippen molar-refractivity contribution in [1.82, 2.24) is 20.3 Å². The maximum Gasteiger partial charge on any atom is 0.358 e. The lowest BCUT2D eigenvalue weighted by Crippen LogP contribution is -2.30. The van der Waals surface area contributed by atoms with Crippen LogP contribution in [-0.2, 0) is 16.1 Å². The number of nitrogens with one attached hydrogen (secondary N) is 1. The van der Waals surface area contributed by atoms with Crippen molar-refractivity contribution in [2.45, 2.75) is 6.54 Å². The van der Waals surface area contributed by atoms with Gasteiger partial charge in [0, 0.05) is 13.7 Å². The monoisotopic (exact) mass is 294 g/mol. The molecule has 2 aromatic heterocycles. The highest BCUT2D eigenvalue weighted by atomic mass is 16.5. The number of rotatable bonds is 7. The molecule has 0 aromatic carbocycles. The van der Waals surface area contributed by atoms with Crippen LogP contribution in [-0.4, -0.2) is 52.2 Å². The van der Waals surface area contributed by atoms with E-state index < -0.39 is 5.97 Å². The molecule has 2 heterocycles. The average molecular weight is 294 g/mol. The van der Waals surface area contributed by atoms with Crippen LogP contribution >= 0.6 is 0 Å². The Balaban J connectivity index is 2.20. The summed E-state index contributed by atoms with van der Waals surface area (Å²) in [4.78, 5) is 22.9. The molecule has 0 radical (unpaired) electrons. The molecule has 0 fully saturated rings. The number of ether oxygens (including phenoxy) is 1. The van der Waals surface area contributed by atoms with Gasteiger partial charge in [0.1, 0.15) is 12.2 Å². The number of hydrogen-bond donors (Lipinski definition) is 2. The molecule has 0 bridgehead atoms. The number of aromatic nitrogens is 3. The highest BCUT2D eigenvalue weighted by Crippen LogP contribution is 2.22. The quantitative estimate of drug-likeness (QED) is 0.689. The second-order valence-electron chi connectivity index (χ2n) is 4.07. The van der Waals surface area contributed by atoms with Crippen LogP contribution in [0.25, 0.3) is 11.5 Å². The number of carbonyl (C=O) groups is 2. The normalized spacial score (nSPS) is 10.5. The number of amides is 1.